The Morgan fingerprint density at radius 3 is 2.27 bits per heavy atom. The highest BCUT2D eigenvalue weighted by Gasteiger charge is 2.16. The van der Waals surface area contributed by atoms with Crippen LogP contribution in [0.1, 0.15) is 62.4 Å². The van der Waals surface area contributed by atoms with E-state index < -0.39 is 0 Å². The molecule has 0 aliphatic heterocycles. The molecule has 2 amide bonds. The molecule has 1 atom stereocenters. The van der Waals surface area contributed by atoms with Gasteiger partial charge in [0.1, 0.15) is 5.76 Å². The van der Waals surface area contributed by atoms with Crippen LogP contribution in [0.3, 0.4) is 0 Å². The summed E-state index contributed by atoms with van der Waals surface area (Å²) in [5.74, 6) is -0.357. The van der Waals surface area contributed by atoms with Crippen molar-refractivity contribution in [2.75, 3.05) is 6.54 Å². The summed E-state index contributed by atoms with van der Waals surface area (Å²) in [5.41, 5.74) is 3.98. The highest BCUT2D eigenvalue weighted by atomic mass is 35.5. The van der Waals surface area contributed by atoms with E-state index in [0.29, 0.717) is 29.1 Å². The summed E-state index contributed by atoms with van der Waals surface area (Å²) in [5, 5.41) is 13.3. The van der Waals surface area contributed by atoms with Crippen LogP contribution in [0.25, 0.3) is 11.8 Å². The van der Waals surface area contributed by atoms with Crippen LogP contribution < -0.4 is 14.8 Å². The van der Waals surface area contributed by atoms with E-state index in [1.807, 2.05) is 57.2 Å². The lowest BCUT2D eigenvalue weighted by molar-refractivity contribution is -0.191. The smallest absolute Gasteiger partial charge is 0.373 e. The average Bonchev–Trinajstić information content (AvgIpc) is 2.86. The van der Waals surface area contributed by atoms with Crippen LogP contribution in [-0.4, -0.2) is 29.6 Å². The Labute approximate surface area is 227 Å². The molecule has 8 nitrogen and oxygen atoms in total. The molecule has 2 rings (SSSR count). The third kappa shape index (κ3) is 13.5. The third-order valence-electron chi connectivity index (χ3n) is 4.73. The number of aryl methyl sites for hydroxylation is 1. The molecule has 0 aliphatic rings. The monoisotopic (exact) mass is 547 g/mol. The normalized spacial score (nSPS) is 10.9. The van der Waals surface area contributed by atoms with Gasteiger partial charge < -0.3 is 10.4 Å². The number of benzene rings is 2. The maximum atomic E-state index is 12.9. The molecule has 200 valence electrons. The lowest BCUT2D eigenvalue weighted by Gasteiger charge is -2.20. The zero-order valence-corrected chi connectivity index (χ0v) is 23.3. The van der Waals surface area contributed by atoms with Gasteiger partial charge in [0, 0.05) is 41.8 Å². The van der Waals surface area contributed by atoms with Crippen LogP contribution in [0.2, 0.25) is 5.02 Å². The van der Waals surface area contributed by atoms with E-state index in [4.69, 9.17) is 21.2 Å². The Morgan fingerprint density at radius 1 is 1.14 bits per heavy atom. The van der Waals surface area contributed by atoms with Gasteiger partial charge in [0.2, 0.25) is 11.8 Å². The number of carbonyl (C=O) groups excluding carboxylic acids is 4. The van der Waals surface area contributed by atoms with Crippen molar-refractivity contribution in [2.24, 2.45) is 0 Å². The van der Waals surface area contributed by atoms with Gasteiger partial charge in [-0.3, -0.25) is 14.3 Å². The highest BCUT2D eigenvalue weighted by molar-refractivity contribution is 7.96. The van der Waals surface area contributed by atoms with Gasteiger partial charge in [-0.15, -0.1) is 0 Å². The number of aliphatic hydroxyl groups is 1. The van der Waals surface area contributed by atoms with Gasteiger partial charge in [-0.1, -0.05) is 62.4 Å². The molecule has 0 spiro atoms. The van der Waals surface area contributed by atoms with Crippen molar-refractivity contribution in [1.82, 2.24) is 14.8 Å². The van der Waals surface area contributed by atoms with Crippen molar-refractivity contribution < 1.29 is 24.3 Å². The topological polar surface area (TPSA) is 125 Å². The van der Waals surface area contributed by atoms with Gasteiger partial charge in [-0.25, -0.2) is 4.72 Å². The maximum absolute atomic E-state index is 12.9. The quantitative estimate of drug-likeness (QED) is 0.133. The second kappa shape index (κ2) is 18.8. The third-order valence-corrected chi connectivity index (χ3v) is 5.70. The number of amides is 2. The summed E-state index contributed by atoms with van der Waals surface area (Å²) in [7, 11) is 0. The van der Waals surface area contributed by atoms with E-state index in [1.54, 1.807) is 19.1 Å². The van der Waals surface area contributed by atoms with E-state index >= 15 is 0 Å². The van der Waals surface area contributed by atoms with E-state index in [2.05, 4.69) is 21.3 Å². The molecule has 0 aromatic heterocycles. The Kier molecular flexibility index (Phi) is 17.1. The molecule has 2 aromatic rings. The van der Waals surface area contributed by atoms with Crippen LogP contribution >= 0.6 is 23.7 Å². The van der Waals surface area contributed by atoms with Crippen LogP contribution in [0, 0.1) is 6.92 Å². The molecule has 10 heteroatoms. The largest absolute Gasteiger partial charge is 0.508 e. The molecule has 0 fully saturated rings. The summed E-state index contributed by atoms with van der Waals surface area (Å²) in [6.07, 6.45) is 2.65. The standard InChI is InChI=1S/C24H28ClN3O3S.C2H6.CO2/c1-15-5-10-22(25)14-21(15)13-16(2)24(31)27-23(11-12-26-32-28-18(4)30)20-8-6-19(7-9-20)17(3)29;1-2;2-1-3/h5-10,13-14,23,26,29H,3,11-12H2,1-2,4H3,(H,27,31)(H,28,30);1-2H3;/b16-13+;;. The van der Waals surface area contributed by atoms with Crippen molar-refractivity contribution in [2.45, 2.75) is 47.1 Å². The molecule has 0 saturated heterocycles. The van der Waals surface area contributed by atoms with E-state index in [1.165, 1.54) is 6.92 Å². The minimum Gasteiger partial charge on any atom is -0.508 e. The zero-order valence-electron chi connectivity index (χ0n) is 21.7. The Bertz CT molecular complexity index is 1100. The van der Waals surface area contributed by atoms with Crippen molar-refractivity contribution in [3.8, 4) is 0 Å². The number of halogens is 1. The molecule has 0 bridgehead atoms. The molecule has 0 saturated carbocycles. The Morgan fingerprint density at radius 2 is 1.73 bits per heavy atom. The number of nitrogens with one attached hydrogen (secondary N) is 3. The van der Waals surface area contributed by atoms with E-state index in [-0.39, 0.29) is 29.8 Å². The van der Waals surface area contributed by atoms with Gasteiger partial charge in [0.05, 0.1) is 6.04 Å². The first kappa shape index (κ1) is 33.6. The summed E-state index contributed by atoms with van der Waals surface area (Å²) >= 11 is 7.20. The molecular formula is C27H34ClN3O5S. The predicted molar refractivity (Wildman–Crippen MR) is 149 cm³/mol. The minimum atomic E-state index is -0.280. The highest BCUT2D eigenvalue weighted by Crippen LogP contribution is 2.22. The van der Waals surface area contributed by atoms with Crippen molar-refractivity contribution in [1.29, 1.82) is 0 Å². The second-order valence-corrected chi connectivity index (χ2v) is 8.58. The predicted octanol–water partition coefficient (Wildman–Crippen LogP) is 5.56. The molecule has 0 aliphatic carbocycles. The summed E-state index contributed by atoms with van der Waals surface area (Å²) in [6.45, 7) is 13.2. The molecule has 0 heterocycles. The SMILES string of the molecule is C=C(O)c1ccc(C(CCNSNC(C)=O)NC(=O)/C(C)=C/c2cc(Cl)ccc2C)cc1.CC.O=C=O. The lowest BCUT2D eigenvalue weighted by Crippen LogP contribution is -2.31. The summed E-state index contributed by atoms with van der Waals surface area (Å²) in [4.78, 5) is 40.2. The molecule has 2 aromatic carbocycles. The molecule has 4 N–H and O–H groups in total. The number of carbonyl (C=O) groups is 2. The zero-order chi connectivity index (χ0) is 28.4. The molecule has 1 unspecified atom stereocenters. The lowest BCUT2D eigenvalue weighted by atomic mass is 10.0. The number of hydrogen-bond acceptors (Lipinski definition) is 7. The first-order valence-corrected chi connectivity index (χ1v) is 12.7. The average molecular weight is 548 g/mol. The molecular weight excluding hydrogens is 514 g/mol. The first-order valence-electron chi connectivity index (χ1n) is 11.5. The summed E-state index contributed by atoms with van der Waals surface area (Å²) < 4.78 is 5.65. The van der Waals surface area contributed by atoms with Crippen LogP contribution in [0.4, 0.5) is 0 Å². The fourth-order valence-electron chi connectivity index (χ4n) is 2.93. The molecule has 0 radical (unpaired) electrons. The van der Waals surface area contributed by atoms with Crippen LogP contribution in [-0.2, 0) is 19.2 Å². The number of aliphatic hydroxyl groups excluding tert-OH is 1. The van der Waals surface area contributed by atoms with Crippen LogP contribution in [0.15, 0.2) is 54.6 Å². The van der Waals surface area contributed by atoms with Crippen LogP contribution in [0.5, 0.6) is 0 Å². The van der Waals surface area contributed by atoms with Gasteiger partial charge in [-0.2, -0.15) is 9.59 Å². The van der Waals surface area contributed by atoms with Gasteiger partial charge in [-0.05, 0) is 55.2 Å². The second-order valence-electron chi connectivity index (χ2n) is 7.45. The van der Waals surface area contributed by atoms with Gasteiger partial charge in [0.15, 0.2) is 0 Å². The Balaban J connectivity index is 0.00000241. The van der Waals surface area contributed by atoms with Gasteiger partial charge in [0.25, 0.3) is 0 Å². The number of rotatable bonds is 10. The number of hydrogen-bond donors (Lipinski definition) is 4. The summed E-state index contributed by atoms with van der Waals surface area (Å²) in [6, 6.07) is 12.5. The fraction of sp³-hybridized carbons (Fsp3) is 0.296. The minimum absolute atomic E-state index is 0.0128. The maximum Gasteiger partial charge on any atom is 0.373 e. The van der Waals surface area contributed by atoms with Crippen molar-refractivity contribution in [3.63, 3.8) is 0 Å². The first-order chi connectivity index (χ1) is 17.6. The van der Waals surface area contributed by atoms with Crippen molar-refractivity contribution in [3.05, 3.63) is 81.9 Å². The van der Waals surface area contributed by atoms with Gasteiger partial charge >= 0.3 is 6.15 Å². The molecule has 37 heavy (non-hydrogen) atoms. The van der Waals surface area contributed by atoms with E-state index in [9.17, 15) is 14.7 Å². The Hall–Kier alpha value is -3.36. The fourth-order valence-corrected chi connectivity index (χ4v) is 3.55. The van der Waals surface area contributed by atoms with E-state index in [0.717, 1.165) is 28.8 Å². The van der Waals surface area contributed by atoms with Crippen molar-refractivity contribution >= 4 is 53.5 Å².